The summed E-state index contributed by atoms with van der Waals surface area (Å²) in [5.74, 6) is -0.118. The van der Waals surface area contributed by atoms with Crippen LogP contribution < -0.4 is 10.2 Å². The van der Waals surface area contributed by atoms with Crippen LogP contribution in [0.5, 0.6) is 0 Å². The average Bonchev–Trinajstić information content (AvgIpc) is 3.06. The van der Waals surface area contributed by atoms with Crippen molar-refractivity contribution in [2.45, 2.75) is 0 Å². The lowest BCUT2D eigenvalue weighted by molar-refractivity contribution is 0.102. The number of nitrogens with zero attached hydrogens (tertiary/aromatic N) is 5. The molecular weight excluding hydrogens is 311 g/mol. The number of hydrogen-bond acceptors (Lipinski definition) is 5. The van der Waals surface area contributed by atoms with Crippen LogP contribution in [0.3, 0.4) is 0 Å². The van der Waals surface area contributed by atoms with Gasteiger partial charge in [0.15, 0.2) is 11.5 Å². The van der Waals surface area contributed by atoms with Gasteiger partial charge < -0.3 is 10.2 Å². The average molecular weight is 326 g/mol. The van der Waals surface area contributed by atoms with Gasteiger partial charge >= 0.3 is 0 Å². The quantitative estimate of drug-likeness (QED) is 0.795. The van der Waals surface area contributed by atoms with Crippen LogP contribution in [0.25, 0.3) is 5.69 Å². The van der Waals surface area contributed by atoms with Crippen LogP contribution in [-0.4, -0.2) is 40.0 Å². The normalized spacial score (nSPS) is 10.5. The van der Waals surface area contributed by atoms with Gasteiger partial charge in [-0.3, -0.25) is 4.79 Å². The Kier molecular flexibility index (Phi) is 4.19. The molecule has 0 radical (unpaired) electrons. The van der Waals surface area contributed by atoms with Crippen molar-refractivity contribution >= 4 is 17.4 Å². The molecule has 122 valence electrons. The van der Waals surface area contributed by atoms with Crippen molar-refractivity contribution in [3.63, 3.8) is 0 Å². The van der Waals surface area contributed by atoms with E-state index < -0.39 is 5.91 Å². The van der Waals surface area contributed by atoms with E-state index in [0.29, 0.717) is 17.2 Å². The summed E-state index contributed by atoms with van der Waals surface area (Å²) in [4.78, 5) is 19.6. The fourth-order valence-corrected chi connectivity index (χ4v) is 2.10. The highest BCUT2D eigenvalue weighted by Gasteiger charge is 2.14. The molecule has 1 amide bonds. The van der Waals surface area contributed by atoms with E-state index in [4.69, 9.17) is 0 Å². The van der Waals surface area contributed by atoms with E-state index in [2.05, 4.69) is 20.5 Å². The number of carbonyl (C=O) groups is 1. The van der Waals surface area contributed by atoms with E-state index in [-0.39, 0.29) is 11.5 Å². The lowest BCUT2D eigenvalue weighted by atomic mass is 10.3. The SMILES string of the molecule is CN(C)c1ncccc1NC(=O)c1cnn(-c2ccc(F)cc2)n1. The molecule has 0 bridgehead atoms. The third-order valence-electron chi connectivity index (χ3n) is 3.24. The monoisotopic (exact) mass is 326 g/mol. The second-order valence-electron chi connectivity index (χ2n) is 5.22. The lowest BCUT2D eigenvalue weighted by Gasteiger charge is -2.15. The Bertz CT molecular complexity index is 859. The Morgan fingerprint density at radius 1 is 1.21 bits per heavy atom. The van der Waals surface area contributed by atoms with Crippen LogP contribution >= 0.6 is 0 Å². The number of carbonyl (C=O) groups excluding carboxylic acids is 1. The van der Waals surface area contributed by atoms with Crippen LogP contribution in [0.2, 0.25) is 0 Å². The van der Waals surface area contributed by atoms with Gasteiger partial charge in [-0.1, -0.05) is 0 Å². The molecule has 0 aliphatic carbocycles. The molecule has 0 spiro atoms. The second kappa shape index (κ2) is 6.45. The predicted octanol–water partition coefficient (Wildman–Crippen LogP) is 2.12. The third-order valence-corrected chi connectivity index (χ3v) is 3.24. The molecule has 1 N–H and O–H groups in total. The molecule has 0 atom stereocenters. The molecule has 0 aliphatic rings. The van der Waals surface area contributed by atoms with E-state index in [1.807, 2.05) is 14.1 Å². The molecule has 0 saturated carbocycles. The minimum absolute atomic E-state index is 0.146. The Labute approximate surface area is 137 Å². The number of aromatic nitrogens is 4. The summed E-state index contributed by atoms with van der Waals surface area (Å²) < 4.78 is 13.0. The van der Waals surface area contributed by atoms with Gasteiger partial charge in [0.1, 0.15) is 5.82 Å². The van der Waals surface area contributed by atoms with Gasteiger partial charge in [0.05, 0.1) is 17.6 Å². The van der Waals surface area contributed by atoms with E-state index in [9.17, 15) is 9.18 Å². The molecule has 3 rings (SSSR count). The first-order valence-corrected chi connectivity index (χ1v) is 7.16. The van der Waals surface area contributed by atoms with Gasteiger partial charge in [0.25, 0.3) is 5.91 Å². The number of pyridine rings is 1. The van der Waals surface area contributed by atoms with Gasteiger partial charge in [-0.05, 0) is 36.4 Å². The standard InChI is InChI=1S/C16H15FN6O/c1-22(2)15-13(4-3-9-18-15)20-16(24)14-10-19-23(21-14)12-7-5-11(17)6-8-12/h3-10H,1-2H3,(H,20,24). The molecule has 0 saturated heterocycles. The smallest absolute Gasteiger partial charge is 0.277 e. The Balaban J connectivity index is 1.81. The highest BCUT2D eigenvalue weighted by molar-refractivity contribution is 6.04. The maximum absolute atomic E-state index is 13.0. The maximum atomic E-state index is 13.0. The maximum Gasteiger partial charge on any atom is 0.277 e. The number of rotatable bonds is 4. The minimum atomic E-state index is -0.403. The van der Waals surface area contributed by atoms with Gasteiger partial charge in [-0.25, -0.2) is 9.37 Å². The van der Waals surface area contributed by atoms with Crippen LogP contribution in [0.4, 0.5) is 15.9 Å². The summed E-state index contributed by atoms with van der Waals surface area (Å²) in [6, 6.07) is 9.15. The largest absolute Gasteiger partial charge is 0.361 e. The van der Waals surface area contributed by atoms with Crippen LogP contribution in [0.1, 0.15) is 10.5 Å². The lowest BCUT2D eigenvalue weighted by Crippen LogP contribution is -2.18. The third kappa shape index (κ3) is 3.22. The van der Waals surface area contributed by atoms with Crippen LogP contribution in [0.15, 0.2) is 48.8 Å². The van der Waals surface area contributed by atoms with Crippen molar-refractivity contribution in [1.82, 2.24) is 20.0 Å². The van der Waals surface area contributed by atoms with Crippen LogP contribution in [-0.2, 0) is 0 Å². The van der Waals surface area contributed by atoms with Crippen molar-refractivity contribution in [1.29, 1.82) is 0 Å². The molecule has 0 aliphatic heterocycles. The topological polar surface area (TPSA) is 75.9 Å². The number of anilines is 2. The minimum Gasteiger partial charge on any atom is -0.361 e. The molecule has 8 heteroatoms. The fourth-order valence-electron chi connectivity index (χ4n) is 2.10. The van der Waals surface area contributed by atoms with Gasteiger partial charge in [0, 0.05) is 20.3 Å². The van der Waals surface area contributed by atoms with Gasteiger partial charge in [0.2, 0.25) is 0 Å². The summed E-state index contributed by atoms with van der Waals surface area (Å²) in [7, 11) is 3.67. The molecule has 2 aromatic heterocycles. The Hall–Kier alpha value is -3.29. The van der Waals surface area contributed by atoms with Crippen molar-refractivity contribution in [2.75, 3.05) is 24.3 Å². The van der Waals surface area contributed by atoms with Gasteiger partial charge in [-0.15, -0.1) is 5.10 Å². The zero-order valence-corrected chi connectivity index (χ0v) is 13.1. The fraction of sp³-hybridized carbons (Fsp3) is 0.125. The summed E-state index contributed by atoms with van der Waals surface area (Å²) in [5, 5.41) is 10.9. The molecule has 24 heavy (non-hydrogen) atoms. The number of nitrogens with one attached hydrogen (secondary N) is 1. The molecule has 0 fully saturated rings. The highest BCUT2D eigenvalue weighted by Crippen LogP contribution is 2.20. The Morgan fingerprint density at radius 3 is 2.67 bits per heavy atom. The summed E-state index contributed by atoms with van der Waals surface area (Å²) in [6.07, 6.45) is 3.00. The zero-order chi connectivity index (χ0) is 17.1. The number of hydrogen-bond donors (Lipinski definition) is 1. The predicted molar refractivity (Wildman–Crippen MR) is 87.8 cm³/mol. The van der Waals surface area contributed by atoms with Crippen LogP contribution in [0, 0.1) is 5.82 Å². The van der Waals surface area contributed by atoms with Gasteiger partial charge in [-0.2, -0.15) is 9.90 Å². The summed E-state index contributed by atoms with van der Waals surface area (Å²) in [5.41, 5.74) is 1.28. The second-order valence-corrected chi connectivity index (χ2v) is 5.22. The van der Waals surface area contributed by atoms with Crippen molar-refractivity contribution in [2.24, 2.45) is 0 Å². The van der Waals surface area contributed by atoms with Crippen molar-refractivity contribution < 1.29 is 9.18 Å². The molecule has 1 aromatic carbocycles. The number of halogens is 1. The van der Waals surface area contributed by atoms with E-state index >= 15 is 0 Å². The zero-order valence-electron chi connectivity index (χ0n) is 13.1. The first-order chi connectivity index (χ1) is 11.5. The highest BCUT2D eigenvalue weighted by atomic mass is 19.1. The number of amides is 1. The van der Waals surface area contributed by atoms with E-state index in [0.717, 1.165) is 0 Å². The molecule has 2 heterocycles. The van der Waals surface area contributed by atoms with Crippen molar-refractivity contribution in [3.8, 4) is 5.69 Å². The first-order valence-electron chi connectivity index (χ1n) is 7.16. The molecule has 0 unspecified atom stereocenters. The molecule has 3 aromatic rings. The van der Waals surface area contributed by atoms with E-state index in [1.54, 1.807) is 23.2 Å². The van der Waals surface area contributed by atoms with Crippen molar-refractivity contribution in [3.05, 3.63) is 60.3 Å². The Morgan fingerprint density at radius 2 is 1.96 bits per heavy atom. The number of benzene rings is 1. The molecular formula is C16H15FN6O. The molecule has 7 nitrogen and oxygen atoms in total. The summed E-state index contributed by atoms with van der Waals surface area (Å²) in [6.45, 7) is 0. The van der Waals surface area contributed by atoms with E-state index in [1.165, 1.54) is 35.3 Å². The first kappa shape index (κ1) is 15.6. The summed E-state index contributed by atoms with van der Waals surface area (Å²) >= 11 is 0.